The Hall–Kier alpha value is -1.99. The summed E-state index contributed by atoms with van der Waals surface area (Å²) in [6, 6.07) is 4.69. The van der Waals surface area contributed by atoms with Crippen LogP contribution < -0.4 is 14.8 Å². The van der Waals surface area contributed by atoms with Crippen LogP contribution in [0.3, 0.4) is 0 Å². The minimum absolute atomic E-state index is 0.0250. The van der Waals surface area contributed by atoms with Crippen LogP contribution in [0.5, 0.6) is 11.5 Å². The van der Waals surface area contributed by atoms with E-state index in [9.17, 15) is 9.59 Å². The van der Waals surface area contributed by atoms with E-state index in [1.54, 1.807) is 24.1 Å². The Morgan fingerprint density at radius 3 is 2.52 bits per heavy atom. The maximum atomic E-state index is 13.6. The smallest absolute Gasteiger partial charge is 0.247 e. The molecule has 0 spiro atoms. The van der Waals surface area contributed by atoms with E-state index in [0.29, 0.717) is 43.2 Å². The molecule has 0 aromatic heterocycles. The topological polar surface area (TPSA) is 77.1 Å². The molecule has 0 bridgehead atoms. The number of halogens is 1. The fraction of sp³-hybridized carbons (Fsp3) is 0.680. The lowest BCUT2D eigenvalue weighted by Crippen LogP contribution is -2.48. The van der Waals surface area contributed by atoms with Gasteiger partial charge < -0.3 is 24.4 Å². The summed E-state index contributed by atoms with van der Waals surface area (Å²) in [4.78, 5) is 28.0. The van der Waals surface area contributed by atoms with Crippen molar-refractivity contribution in [2.75, 3.05) is 32.7 Å². The highest BCUT2D eigenvalue weighted by Crippen LogP contribution is 2.33. The van der Waals surface area contributed by atoms with Gasteiger partial charge in [-0.2, -0.15) is 0 Å². The van der Waals surface area contributed by atoms with Crippen molar-refractivity contribution in [2.24, 2.45) is 0 Å². The summed E-state index contributed by atoms with van der Waals surface area (Å²) >= 11 is 5.96. The maximum Gasteiger partial charge on any atom is 0.247 e. The molecule has 1 aliphatic rings. The van der Waals surface area contributed by atoms with E-state index in [-0.39, 0.29) is 29.8 Å². The van der Waals surface area contributed by atoms with Crippen LogP contribution in [0.2, 0.25) is 0 Å². The Bertz CT molecular complexity index is 752. The average molecular weight is 483 g/mol. The van der Waals surface area contributed by atoms with Gasteiger partial charge in [0.1, 0.15) is 11.9 Å². The molecular weight excluding hydrogens is 444 g/mol. The molecule has 7 nitrogen and oxygen atoms in total. The van der Waals surface area contributed by atoms with Gasteiger partial charge in [-0.3, -0.25) is 9.59 Å². The SMILES string of the molecule is CCOCCCN(C(=O)CCl)[C@H](C(=O)NC1CCCCC1)c1ccc(OC(C)C)c(OC)c1. The van der Waals surface area contributed by atoms with Crippen molar-refractivity contribution in [1.82, 2.24) is 10.2 Å². The molecule has 2 rings (SSSR count). The van der Waals surface area contributed by atoms with Gasteiger partial charge in [0.15, 0.2) is 11.5 Å². The van der Waals surface area contributed by atoms with E-state index in [4.69, 9.17) is 25.8 Å². The van der Waals surface area contributed by atoms with E-state index >= 15 is 0 Å². The number of nitrogens with zero attached hydrogens (tertiary/aromatic N) is 1. The summed E-state index contributed by atoms with van der Waals surface area (Å²) in [6.45, 7) is 7.27. The van der Waals surface area contributed by atoms with Crippen LogP contribution in [0.4, 0.5) is 0 Å². The Balaban J connectivity index is 2.38. The number of benzene rings is 1. The van der Waals surface area contributed by atoms with Crippen LogP contribution in [0, 0.1) is 0 Å². The van der Waals surface area contributed by atoms with Gasteiger partial charge in [-0.15, -0.1) is 11.6 Å². The number of nitrogens with one attached hydrogen (secondary N) is 1. The standard InChI is InChI=1S/C25H39ClN2O5/c1-5-32-15-9-14-28(23(29)17-26)24(25(30)27-20-10-7-6-8-11-20)19-12-13-21(33-18(2)3)22(16-19)31-4/h12-13,16,18,20,24H,5-11,14-15,17H2,1-4H3,(H,27,30)/t24-/m0/s1. The van der Waals surface area contributed by atoms with Crippen LogP contribution in [0.15, 0.2) is 18.2 Å². The monoisotopic (exact) mass is 482 g/mol. The van der Waals surface area contributed by atoms with Gasteiger partial charge in [0.25, 0.3) is 0 Å². The molecule has 0 saturated heterocycles. The number of ether oxygens (including phenoxy) is 3. The van der Waals surface area contributed by atoms with Crippen LogP contribution in [-0.2, 0) is 14.3 Å². The van der Waals surface area contributed by atoms with Gasteiger partial charge in [-0.25, -0.2) is 0 Å². The highest BCUT2D eigenvalue weighted by atomic mass is 35.5. The van der Waals surface area contributed by atoms with E-state index in [1.165, 1.54) is 6.42 Å². The first-order valence-electron chi connectivity index (χ1n) is 12.0. The minimum Gasteiger partial charge on any atom is -0.493 e. The van der Waals surface area contributed by atoms with Gasteiger partial charge in [-0.05, 0) is 57.7 Å². The highest BCUT2D eigenvalue weighted by molar-refractivity contribution is 6.27. The molecule has 1 aromatic carbocycles. The number of hydrogen-bond donors (Lipinski definition) is 1. The summed E-state index contributed by atoms with van der Waals surface area (Å²) in [5.41, 5.74) is 0.658. The molecule has 1 atom stereocenters. The quantitative estimate of drug-likeness (QED) is 0.331. The first-order valence-corrected chi connectivity index (χ1v) is 12.5. The molecule has 0 radical (unpaired) electrons. The number of amides is 2. The summed E-state index contributed by atoms with van der Waals surface area (Å²) in [5, 5.41) is 3.18. The average Bonchev–Trinajstić information content (AvgIpc) is 2.81. The maximum absolute atomic E-state index is 13.6. The molecule has 1 fully saturated rings. The zero-order valence-corrected chi connectivity index (χ0v) is 21.2. The third-order valence-electron chi connectivity index (χ3n) is 5.70. The summed E-state index contributed by atoms with van der Waals surface area (Å²) in [6.07, 6.45) is 5.89. The summed E-state index contributed by atoms with van der Waals surface area (Å²) < 4.78 is 16.8. The van der Waals surface area contributed by atoms with Crippen LogP contribution in [-0.4, -0.2) is 61.6 Å². The van der Waals surface area contributed by atoms with Crippen molar-refractivity contribution < 1.29 is 23.8 Å². The fourth-order valence-electron chi connectivity index (χ4n) is 4.16. The van der Waals surface area contributed by atoms with Crippen molar-refractivity contribution in [3.8, 4) is 11.5 Å². The number of carbonyl (C=O) groups is 2. The largest absolute Gasteiger partial charge is 0.493 e. The van der Waals surface area contributed by atoms with Gasteiger partial charge >= 0.3 is 0 Å². The number of carbonyl (C=O) groups excluding carboxylic acids is 2. The first kappa shape index (κ1) is 27.3. The second-order valence-electron chi connectivity index (χ2n) is 8.59. The van der Waals surface area contributed by atoms with Crippen LogP contribution in [0.1, 0.15) is 70.9 Å². The first-order chi connectivity index (χ1) is 15.9. The van der Waals surface area contributed by atoms with Gasteiger partial charge in [-0.1, -0.05) is 25.3 Å². The zero-order chi connectivity index (χ0) is 24.2. The number of alkyl halides is 1. The van der Waals surface area contributed by atoms with Crippen molar-refractivity contribution in [3.05, 3.63) is 23.8 Å². The van der Waals surface area contributed by atoms with E-state index < -0.39 is 6.04 Å². The Morgan fingerprint density at radius 2 is 1.91 bits per heavy atom. The molecule has 1 aliphatic carbocycles. The molecule has 8 heteroatoms. The van der Waals surface area contributed by atoms with Gasteiger partial charge in [0.05, 0.1) is 13.2 Å². The fourth-order valence-corrected chi connectivity index (χ4v) is 4.31. The lowest BCUT2D eigenvalue weighted by molar-refractivity contribution is -0.139. The summed E-state index contributed by atoms with van der Waals surface area (Å²) in [7, 11) is 1.56. The third kappa shape index (κ3) is 8.38. The molecule has 1 aromatic rings. The predicted molar refractivity (Wildman–Crippen MR) is 130 cm³/mol. The second-order valence-corrected chi connectivity index (χ2v) is 8.86. The number of methoxy groups -OCH3 is 1. The number of hydrogen-bond acceptors (Lipinski definition) is 5. The molecule has 1 saturated carbocycles. The van der Waals surface area contributed by atoms with E-state index in [0.717, 1.165) is 25.7 Å². The molecule has 2 amide bonds. The predicted octanol–water partition coefficient (Wildman–Crippen LogP) is 4.47. The molecule has 1 N–H and O–H groups in total. The van der Waals surface area contributed by atoms with E-state index in [1.807, 2.05) is 26.8 Å². The number of rotatable bonds is 13. The van der Waals surface area contributed by atoms with E-state index in [2.05, 4.69) is 5.32 Å². The van der Waals surface area contributed by atoms with Crippen molar-refractivity contribution in [3.63, 3.8) is 0 Å². The third-order valence-corrected chi connectivity index (χ3v) is 5.93. The lowest BCUT2D eigenvalue weighted by Gasteiger charge is -2.33. The molecule has 0 aliphatic heterocycles. The zero-order valence-electron chi connectivity index (χ0n) is 20.4. The lowest BCUT2D eigenvalue weighted by atomic mass is 9.94. The molecule has 0 unspecified atom stereocenters. The van der Waals surface area contributed by atoms with Crippen molar-refractivity contribution in [1.29, 1.82) is 0 Å². The van der Waals surface area contributed by atoms with Crippen molar-refractivity contribution >= 4 is 23.4 Å². The van der Waals surface area contributed by atoms with Crippen molar-refractivity contribution in [2.45, 2.75) is 77.5 Å². The Kier molecular flexibility index (Phi) is 11.8. The summed E-state index contributed by atoms with van der Waals surface area (Å²) in [5.74, 6) is 0.418. The second kappa shape index (κ2) is 14.3. The molecular formula is C25H39ClN2O5. The van der Waals surface area contributed by atoms with Gasteiger partial charge in [0.2, 0.25) is 11.8 Å². The molecule has 33 heavy (non-hydrogen) atoms. The molecule has 186 valence electrons. The van der Waals surface area contributed by atoms with Gasteiger partial charge in [0, 0.05) is 25.8 Å². The molecule has 0 heterocycles. The Labute approximate surface area is 203 Å². The highest BCUT2D eigenvalue weighted by Gasteiger charge is 2.33. The van der Waals surface area contributed by atoms with Crippen LogP contribution in [0.25, 0.3) is 0 Å². The minimum atomic E-state index is -0.818. The Morgan fingerprint density at radius 1 is 1.18 bits per heavy atom. The normalized spacial score (nSPS) is 15.2. The van der Waals surface area contributed by atoms with Crippen LogP contribution >= 0.6 is 11.6 Å².